The van der Waals surface area contributed by atoms with Gasteiger partial charge in [-0.25, -0.2) is 4.98 Å². The van der Waals surface area contributed by atoms with Crippen LogP contribution in [0.15, 0.2) is 42.6 Å². The van der Waals surface area contributed by atoms with Crippen molar-refractivity contribution >= 4 is 22.6 Å². The predicted octanol–water partition coefficient (Wildman–Crippen LogP) is 3.28. The second-order valence-electron chi connectivity index (χ2n) is 3.46. The molecule has 1 N–H and O–H groups in total. The number of imidazole rings is 1. The predicted molar refractivity (Wildman–Crippen MR) is 64.3 cm³/mol. The molecule has 1 aromatic carbocycles. The zero-order valence-electron chi connectivity index (χ0n) is 8.31. The molecule has 2 heterocycles. The minimum Gasteiger partial charge on any atom is -0.337 e. The fourth-order valence-corrected chi connectivity index (χ4v) is 1.77. The summed E-state index contributed by atoms with van der Waals surface area (Å²) in [6, 6.07) is 11.4. The fourth-order valence-electron chi connectivity index (χ4n) is 1.61. The van der Waals surface area contributed by atoms with E-state index < -0.39 is 0 Å². The molecule has 2 aromatic heterocycles. The van der Waals surface area contributed by atoms with Crippen molar-refractivity contribution in [1.29, 1.82) is 0 Å². The Morgan fingerprint density at radius 3 is 2.81 bits per heavy atom. The molecule has 0 spiro atoms. The first-order chi connectivity index (χ1) is 7.83. The molecule has 0 atom stereocenters. The molecule has 0 aliphatic rings. The Hall–Kier alpha value is -1.87. The van der Waals surface area contributed by atoms with E-state index in [0.717, 1.165) is 22.6 Å². The molecule has 0 unspecified atom stereocenters. The summed E-state index contributed by atoms with van der Waals surface area (Å²) in [5, 5.41) is 0.658. The fraction of sp³-hybridized carbons (Fsp3) is 0. The van der Waals surface area contributed by atoms with Gasteiger partial charge in [-0.15, -0.1) is 0 Å². The summed E-state index contributed by atoms with van der Waals surface area (Å²) in [4.78, 5) is 11.9. The normalized spacial score (nSPS) is 10.8. The molecule has 3 nitrogen and oxygen atoms in total. The minimum atomic E-state index is 0.658. The van der Waals surface area contributed by atoms with Crippen molar-refractivity contribution in [1.82, 2.24) is 15.0 Å². The van der Waals surface area contributed by atoms with Crippen LogP contribution in [-0.2, 0) is 0 Å². The van der Waals surface area contributed by atoms with E-state index in [-0.39, 0.29) is 0 Å². The van der Waals surface area contributed by atoms with Gasteiger partial charge in [-0.05, 0) is 24.3 Å². The number of hydrogen-bond donors (Lipinski definition) is 1. The Balaban J connectivity index is 2.19. The summed E-state index contributed by atoms with van der Waals surface area (Å²) in [5.74, 6) is 0.740. The van der Waals surface area contributed by atoms with Crippen LogP contribution in [-0.4, -0.2) is 15.0 Å². The topological polar surface area (TPSA) is 41.6 Å². The third-order valence-corrected chi connectivity index (χ3v) is 2.59. The Kier molecular flexibility index (Phi) is 2.11. The molecule has 78 valence electrons. The van der Waals surface area contributed by atoms with Crippen LogP contribution in [0.25, 0.3) is 22.6 Å². The zero-order valence-corrected chi connectivity index (χ0v) is 9.07. The number of aromatic amines is 1. The lowest BCUT2D eigenvalue weighted by molar-refractivity contribution is 1.24. The molecule has 0 fully saturated rings. The summed E-state index contributed by atoms with van der Waals surface area (Å²) in [6.07, 6.45) is 1.67. The van der Waals surface area contributed by atoms with Crippen molar-refractivity contribution < 1.29 is 0 Å². The highest BCUT2D eigenvalue weighted by Crippen LogP contribution is 2.20. The van der Waals surface area contributed by atoms with Crippen LogP contribution in [0.2, 0.25) is 5.02 Å². The molecule has 0 saturated carbocycles. The molecule has 3 rings (SSSR count). The highest BCUT2D eigenvalue weighted by atomic mass is 35.5. The number of para-hydroxylation sites is 2. The van der Waals surface area contributed by atoms with E-state index in [1.165, 1.54) is 0 Å². The second-order valence-corrected chi connectivity index (χ2v) is 3.90. The molecular weight excluding hydrogens is 222 g/mol. The van der Waals surface area contributed by atoms with Crippen LogP contribution in [0.5, 0.6) is 0 Å². The Bertz CT molecular complexity index is 612. The first kappa shape index (κ1) is 9.36. The van der Waals surface area contributed by atoms with E-state index in [4.69, 9.17) is 11.6 Å². The van der Waals surface area contributed by atoms with Gasteiger partial charge in [0.2, 0.25) is 0 Å². The van der Waals surface area contributed by atoms with Crippen LogP contribution >= 0.6 is 11.6 Å². The molecule has 0 amide bonds. The number of halogens is 1. The molecule has 0 saturated heterocycles. The quantitative estimate of drug-likeness (QED) is 0.696. The number of H-pyrrole nitrogens is 1. The molecule has 3 aromatic rings. The lowest BCUT2D eigenvalue weighted by atomic mass is 10.3. The number of nitrogens with zero attached hydrogens (tertiary/aromatic N) is 2. The van der Waals surface area contributed by atoms with Gasteiger partial charge in [0.05, 0.1) is 11.0 Å². The first-order valence-electron chi connectivity index (χ1n) is 4.89. The van der Waals surface area contributed by atoms with Crippen molar-refractivity contribution in [2.24, 2.45) is 0 Å². The number of rotatable bonds is 1. The Labute approximate surface area is 97.1 Å². The van der Waals surface area contributed by atoms with Gasteiger partial charge in [0.1, 0.15) is 5.69 Å². The number of pyridine rings is 1. The van der Waals surface area contributed by atoms with E-state index in [2.05, 4.69) is 15.0 Å². The van der Waals surface area contributed by atoms with Crippen LogP contribution in [0, 0.1) is 0 Å². The molecule has 16 heavy (non-hydrogen) atoms. The summed E-state index contributed by atoms with van der Waals surface area (Å²) >= 11 is 5.91. The number of aromatic nitrogens is 3. The maximum Gasteiger partial charge on any atom is 0.157 e. The van der Waals surface area contributed by atoms with Crippen molar-refractivity contribution in [2.75, 3.05) is 0 Å². The van der Waals surface area contributed by atoms with Crippen LogP contribution in [0.3, 0.4) is 0 Å². The van der Waals surface area contributed by atoms with Gasteiger partial charge < -0.3 is 4.98 Å². The van der Waals surface area contributed by atoms with Crippen molar-refractivity contribution in [2.45, 2.75) is 0 Å². The molecule has 0 radical (unpaired) electrons. The maximum absolute atomic E-state index is 5.91. The van der Waals surface area contributed by atoms with Gasteiger partial charge in [0.15, 0.2) is 5.82 Å². The van der Waals surface area contributed by atoms with Gasteiger partial charge in [0.25, 0.3) is 0 Å². The first-order valence-corrected chi connectivity index (χ1v) is 5.27. The Morgan fingerprint density at radius 2 is 2.00 bits per heavy atom. The largest absolute Gasteiger partial charge is 0.337 e. The third kappa shape index (κ3) is 1.55. The highest BCUT2D eigenvalue weighted by molar-refractivity contribution is 6.30. The molecular formula is C12H8ClN3. The molecule has 0 aliphatic carbocycles. The van der Waals surface area contributed by atoms with Gasteiger partial charge in [-0.1, -0.05) is 23.7 Å². The van der Waals surface area contributed by atoms with Crippen molar-refractivity contribution in [3.8, 4) is 11.5 Å². The van der Waals surface area contributed by atoms with Gasteiger partial charge in [0, 0.05) is 11.2 Å². The van der Waals surface area contributed by atoms with Gasteiger partial charge in [-0.3, -0.25) is 4.98 Å². The number of nitrogens with one attached hydrogen (secondary N) is 1. The van der Waals surface area contributed by atoms with E-state index in [1.54, 1.807) is 18.3 Å². The minimum absolute atomic E-state index is 0.658. The average molecular weight is 230 g/mol. The smallest absolute Gasteiger partial charge is 0.157 e. The standard InChI is InChI=1S/C12H8ClN3/c13-8-5-6-14-11(7-8)12-15-9-3-1-2-4-10(9)16-12/h1-7H,(H,15,16). The van der Waals surface area contributed by atoms with Gasteiger partial charge in [-0.2, -0.15) is 0 Å². The molecule has 4 heteroatoms. The van der Waals surface area contributed by atoms with E-state index >= 15 is 0 Å². The van der Waals surface area contributed by atoms with E-state index in [0.29, 0.717) is 5.02 Å². The monoisotopic (exact) mass is 229 g/mol. The van der Waals surface area contributed by atoms with Gasteiger partial charge >= 0.3 is 0 Å². The number of fused-ring (bicyclic) bond motifs is 1. The lowest BCUT2D eigenvalue weighted by Crippen LogP contribution is -1.84. The SMILES string of the molecule is Clc1ccnc(-c2nc3ccccc3[nH]2)c1. The Morgan fingerprint density at radius 1 is 1.12 bits per heavy atom. The molecule has 0 bridgehead atoms. The number of hydrogen-bond acceptors (Lipinski definition) is 2. The zero-order chi connectivity index (χ0) is 11.0. The van der Waals surface area contributed by atoms with Crippen molar-refractivity contribution in [3.05, 3.63) is 47.6 Å². The summed E-state index contributed by atoms with van der Waals surface area (Å²) in [6.45, 7) is 0. The van der Waals surface area contributed by atoms with E-state index in [1.807, 2.05) is 24.3 Å². The average Bonchev–Trinajstić information content (AvgIpc) is 2.72. The second kappa shape index (κ2) is 3.61. The van der Waals surface area contributed by atoms with Crippen LogP contribution in [0.1, 0.15) is 0 Å². The third-order valence-electron chi connectivity index (χ3n) is 2.35. The lowest BCUT2D eigenvalue weighted by Gasteiger charge is -1.94. The summed E-state index contributed by atoms with van der Waals surface area (Å²) < 4.78 is 0. The molecule has 0 aliphatic heterocycles. The summed E-state index contributed by atoms with van der Waals surface area (Å²) in [7, 11) is 0. The van der Waals surface area contributed by atoms with Crippen LogP contribution < -0.4 is 0 Å². The summed E-state index contributed by atoms with van der Waals surface area (Å²) in [5.41, 5.74) is 2.68. The van der Waals surface area contributed by atoms with Crippen LogP contribution in [0.4, 0.5) is 0 Å². The maximum atomic E-state index is 5.91. The number of benzene rings is 1. The van der Waals surface area contributed by atoms with E-state index in [9.17, 15) is 0 Å². The highest BCUT2D eigenvalue weighted by Gasteiger charge is 2.05. The van der Waals surface area contributed by atoms with Crippen molar-refractivity contribution in [3.63, 3.8) is 0 Å².